The summed E-state index contributed by atoms with van der Waals surface area (Å²) in [6.07, 6.45) is 1.31. The Hall–Kier alpha value is -1.10. The number of carboxylic acid groups (broad SMARTS) is 1. The normalized spacial score (nSPS) is 14.3. The van der Waals surface area contributed by atoms with Crippen molar-refractivity contribution in [2.24, 2.45) is 11.7 Å². The molecule has 0 rings (SSSR count). The molecule has 0 fully saturated rings. The number of hydrogen-bond acceptors (Lipinski definition) is 3. The largest absolute Gasteiger partial charge is 0.481 e. The zero-order valence-corrected chi connectivity index (χ0v) is 9.32. The van der Waals surface area contributed by atoms with Crippen LogP contribution in [-0.2, 0) is 9.59 Å². The van der Waals surface area contributed by atoms with E-state index < -0.39 is 12.0 Å². The van der Waals surface area contributed by atoms with Gasteiger partial charge in [-0.05, 0) is 18.8 Å². The molecule has 0 saturated heterocycles. The maximum absolute atomic E-state index is 11.3. The number of nitrogens with one attached hydrogen (secondary N) is 1. The lowest BCUT2D eigenvalue weighted by Gasteiger charge is -2.14. The van der Waals surface area contributed by atoms with Crippen molar-refractivity contribution in [3.05, 3.63) is 0 Å². The van der Waals surface area contributed by atoms with E-state index in [0.717, 1.165) is 0 Å². The molecule has 2 atom stereocenters. The van der Waals surface area contributed by atoms with Crippen LogP contribution in [-0.4, -0.2) is 29.6 Å². The van der Waals surface area contributed by atoms with Gasteiger partial charge in [-0.15, -0.1) is 0 Å². The van der Waals surface area contributed by atoms with Crippen LogP contribution in [0.25, 0.3) is 0 Å². The van der Waals surface area contributed by atoms with Crippen LogP contribution < -0.4 is 11.1 Å². The molecule has 0 saturated carbocycles. The Kier molecular flexibility index (Phi) is 6.70. The predicted octanol–water partition coefficient (Wildman–Crippen LogP) is 0.341. The van der Waals surface area contributed by atoms with Crippen molar-refractivity contribution < 1.29 is 14.7 Å². The van der Waals surface area contributed by atoms with E-state index in [4.69, 9.17) is 10.8 Å². The standard InChI is InChI=1S/C10H20N2O3/c1-3-8(11)10(15)12-6-7(2)4-5-9(13)14/h7-8H,3-6,11H2,1-2H3,(H,12,15)(H,13,14)/t7?,8-/m0/s1. The minimum Gasteiger partial charge on any atom is -0.481 e. The zero-order valence-electron chi connectivity index (χ0n) is 9.32. The molecule has 0 aliphatic carbocycles. The highest BCUT2D eigenvalue weighted by Crippen LogP contribution is 2.03. The monoisotopic (exact) mass is 216 g/mol. The second kappa shape index (κ2) is 7.23. The van der Waals surface area contributed by atoms with Crippen molar-refractivity contribution >= 4 is 11.9 Å². The van der Waals surface area contributed by atoms with Gasteiger partial charge in [-0.25, -0.2) is 0 Å². The van der Waals surface area contributed by atoms with Crippen LogP contribution >= 0.6 is 0 Å². The highest BCUT2D eigenvalue weighted by atomic mass is 16.4. The molecule has 5 nitrogen and oxygen atoms in total. The summed E-state index contributed by atoms with van der Waals surface area (Å²) in [5.41, 5.74) is 5.52. The van der Waals surface area contributed by atoms with Gasteiger partial charge in [0.1, 0.15) is 0 Å². The summed E-state index contributed by atoms with van der Waals surface area (Å²) < 4.78 is 0. The van der Waals surface area contributed by atoms with Crippen LogP contribution in [0, 0.1) is 5.92 Å². The van der Waals surface area contributed by atoms with Crippen LogP contribution in [0.15, 0.2) is 0 Å². The molecule has 1 amide bonds. The number of hydrogen-bond donors (Lipinski definition) is 3. The molecule has 0 aliphatic heterocycles. The Morgan fingerprint density at radius 2 is 2.07 bits per heavy atom. The van der Waals surface area contributed by atoms with Crippen LogP contribution in [0.4, 0.5) is 0 Å². The van der Waals surface area contributed by atoms with Gasteiger partial charge in [-0.3, -0.25) is 9.59 Å². The topological polar surface area (TPSA) is 92.4 Å². The highest BCUT2D eigenvalue weighted by Gasteiger charge is 2.12. The van der Waals surface area contributed by atoms with Gasteiger partial charge < -0.3 is 16.2 Å². The van der Waals surface area contributed by atoms with E-state index in [2.05, 4.69) is 5.32 Å². The first-order valence-corrected chi connectivity index (χ1v) is 5.22. The highest BCUT2D eigenvalue weighted by molar-refractivity contribution is 5.81. The van der Waals surface area contributed by atoms with Crippen molar-refractivity contribution in [3.63, 3.8) is 0 Å². The van der Waals surface area contributed by atoms with Crippen molar-refractivity contribution in [3.8, 4) is 0 Å². The van der Waals surface area contributed by atoms with E-state index in [1.807, 2.05) is 13.8 Å². The molecule has 0 aromatic heterocycles. The van der Waals surface area contributed by atoms with E-state index in [1.165, 1.54) is 0 Å². The first kappa shape index (κ1) is 13.9. The minimum atomic E-state index is -0.807. The number of carbonyl (C=O) groups is 2. The van der Waals surface area contributed by atoms with Gasteiger partial charge in [-0.1, -0.05) is 13.8 Å². The third-order valence-corrected chi connectivity index (χ3v) is 2.25. The molecule has 5 heteroatoms. The number of carboxylic acids is 1. The quantitative estimate of drug-likeness (QED) is 0.572. The van der Waals surface area contributed by atoms with Crippen molar-refractivity contribution in [1.29, 1.82) is 0 Å². The van der Waals surface area contributed by atoms with E-state index >= 15 is 0 Å². The van der Waals surface area contributed by atoms with E-state index in [9.17, 15) is 9.59 Å². The summed E-state index contributed by atoms with van der Waals surface area (Å²) >= 11 is 0. The number of aliphatic carboxylic acids is 1. The molecule has 0 bridgehead atoms. The second-order valence-corrected chi connectivity index (χ2v) is 3.80. The van der Waals surface area contributed by atoms with E-state index in [1.54, 1.807) is 0 Å². The fourth-order valence-corrected chi connectivity index (χ4v) is 1.06. The van der Waals surface area contributed by atoms with E-state index in [0.29, 0.717) is 19.4 Å². The van der Waals surface area contributed by atoms with Crippen LogP contribution in [0.1, 0.15) is 33.1 Å². The lowest BCUT2D eigenvalue weighted by molar-refractivity contribution is -0.137. The van der Waals surface area contributed by atoms with Gasteiger partial charge in [0, 0.05) is 13.0 Å². The second-order valence-electron chi connectivity index (χ2n) is 3.80. The van der Waals surface area contributed by atoms with Crippen LogP contribution in [0.2, 0.25) is 0 Å². The lowest BCUT2D eigenvalue weighted by Crippen LogP contribution is -2.41. The number of carbonyl (C=O) groups excluding carboxylic acids is 1. The Labute approximate surface area is 90.0 Å². The Morgan fingerprint density at radius 1 is 1.47 bits per heavy atom. The first-order valence-electron chi connectivity index (χ1n) is 5.22. The molecule has 0 aromatic rings. The summed E-state index contributed by atoms with van der Waals surface area (Å²) in [6, 6.07) is -0.461. The molecule has 15 heavy (non-hydrogen) atoms. The molecule has 0 spiro atoms. The molecular weight excluding hydrogens is 196 g/mol. The lowest BCUT2D eigenvalue weighted by atomic mass is 10.1. The molecule has 88 valence electrons. The van der Waals surface area contributed by atoms with Crippen LogP contribution in [0.5, 0.6) is 0 Å². The summed E-state index contributed by atoms with van der Waals surface area (Å²) in [6.45, 7) is 4.23. The smallest absolute Gasteiger partial charge is 0.303 e. The summed E-state index contributed by atoms with van der Waals surface area (Å²) in [7, 11) is 0. The molecule has 4 N–H and O–H groups in total. The summed E-state index contributed by atoms with van der Waals surface area (Å²) in [5, 5.41) is 11.2. The third-order valence-electron chi connectivity index (χ3n) is 2.25. The molecule has 0 aromatic carbocycles. The maximum atomic E-state index is 11.3. The average Bonchev–Trinajstić information content (AvgIpc) is 2.21. The molecule has 0 radical (unpaired) electrons. The van der Waals surface area contributed by atoms with Crippen molar-refractivity contribution in [2.75, 3.05) is 6.54 Å². The maximum Gasteiger partial charge on any atom is 0.303 e. The SMILES string of the molecule is CC[C@H](N)C(=O)NCC(C)CCC(=O)O. The number of rotatable bonds is 7. The van der Waals surface area contributed by atoms with E-state index in [-0.39, 0.29) is 18.2 Å². The average molecular weight is 216 g/mol. The number of nitrogens with two attached hydrogens (primary N) is 1. The molecule has 0 heterocycles. The van der Waals surface area contributed by atoms with Gasteiger partial charge in [0.05, 0.1) is 6.04 Å². The molecule has 0 aliphatic rings. The fourth-order valence-electron chi connectivity index (χ4n) is 1.06. The van der Waals surface area contributed by atoms with Crippen molar-refractivity contribution in [1.82, 2.24) is 5.32 Å². The van der Waals surface area contributed by atoms with Gasteiger partial charge in [0.15, 0.2) is 0 Å². The van der Waals surface area contributed by atoms with Gasteiger partial charge in [-0.2, -0.15) is 0 Å². The Bertz CT molecular complexity index is 219. The summed E-state index contributed by atoms with van der Waals surface area (Å²) in [4.78, 5) is 21.6. The number of amides is 1. The van der Waals surface area contributed by atoms with Gasteiger partial charge in [0.2, 0.25) is 5.91 Å². The Balaban J connectivity index is 3.66. The van der Waals surface area contributed by atoms with Gasteiger partial charge in [0.25, 0.3) is 0 Å². The molecule has 1 unspecified atom stereocenters. The minimum absolute atomic E-state index is 0.136. The zero-order chi connectivity index (χ0) is 11.8. The summed E-state index contributed by atoms with van der Waals surface area (Å²) in [5.74, 6) is -0.813. The first-order chi connectivity index (χ1) is 6.97. The predicted molar refractivity (Wildman–Crippen MR) is 57.3 cm³/mol. The molecular formula is C10H20N2O3. The van der Waals surface area contributed by atoms with Crippen molar-refractivity contribution in [2.45, 2.75) is 39.2 Å². The third kappa shape index (κ3) is 6.90. The van der Waals surface area contributed by atoms with Gasteiger partial charge >= 0.3 is 5.97 Å². The van der Waals surface area contributed by atoms with Crippen LogP contribution in [0.3, 0.4) is 0 Å². The Morgan fingerprint density at radius 3 is 2.53 bits per heavy atom. The fraction of sp³-hybridized carbons (Fsp3) is 0.800.